The molecule has 0 fully saturated rings. The van der Waals surface area contributed by atoms with Crippen molar-refractivity contribution >= 4 is 0 Å². The zero-order valence-electron chi connectivity index (χ0n) is 9.50. The standard InChI is InChI=1S/C11H18N2O2/c1-8-6-13-10(7-12-4-5-14)9(2)11(8)15-3/h6,12,14H,4-5,7H2,1-3H3. The number of aryl methyl sites for hydroxylation is 1. The van der Waals surface area contributed by atoms with Crippen LogP contribution in [0.4, 0.5) is 0 Å². The molecule has 0 radical (unpaired) electrons. The van der Waals surface area contributed by atoms with E-state index in [1.54, 1.807) is 7.11 Å². The van der Waals surface area contributed by atoms with Gasteiger partial charge in [-0.05, 0) is 13.8 Å². The van der Waals surface area contributed by atoms with Gasteiger partial charge >= 0.3 is 0 Å². The Bertz CT molecular complexity index is 327. The van der Waals surface area contributed by atoms with Crippen molar-refractivity contribution in [2.45, 2.75) is 20.4 Å². The number of aliphatic hydroxyl groups is 1. The van der Waals surface area contributed by atoms with E-state index in [1.165, 1.54) is 0 Å². The molecule has 1 aromatic heterocycles. The van der Waals surface area contributed by atoms with Crippen molar-refractivity contribution in [3.63, 3.8) is 0 Å². The first-order valence-corrected chi connectivity index (χ1v) is 5.01. The molecule has 4 heteroatoms. The monoisotopic (exact) mass is 210 g/mol. The highest BCUT2D eigenvalue weighted by atomic mass is 16.5. The summed E-state index contributed by atoms with van der Waals surface area (Å²) in [5.74, 6) is 0.894. The maximum Gasteiger partial charge on any atom is 0.128 e. The lowest BCUT2D eigenvalue weighted by atomic mass is 10.1. The number of nitrogens with one attached hydrogen (secondary N) is 1. The molecular weight excluding hydrogens is 192 g/mol. The van der Waals surface area contributed by atoms with Crippen LogP contribution in [0.1, 0.15) is 16.8 Å². The highest BCUT2D eigenvalue weighted by Gasteiger charge is 2.08. The van der Waals surface area contributed by atoms with E-state index in [9.17, 15) is 0 Å². The summed E-state index contributed by atoms with van der Waals surface area (Å²) in [5, 5.41) is 11.7. The second kappa shape index (κ2) is 5.68. The van der Waals surface area contributed by atoms with Crippen molar-refractivity contribution in [1.82, 2.24) is 10.3 Å². The minimum atomic E-state index is 0.141. The fourth-order valence-corrected chi connectivity index (χ4v) is 1.54. The summed E-state index contributed by atoms with van der Waals surface area (Å²) in [6, 6.07) is 0. The smallest absolute Gasteiger partial charge is 0.128 e. The van der Waals surface area contributed by atoms with Gasteiger partial charge in [0.15, 0.2) is 0 Å². The summed E-state index contributed by atoms with van der Waals surface area (Å²) < 4.78 is 5.31. The number of methoxy groups -OCH3 is 1. The Labute approximate surface area is 90.3 Å². The summed E-state index contributed by atoms with van der Waals surface area (Å²) in [6.07, 6.45) is 1.81. The molecule has 0 aliphatic rings. The van der Waals surface area contributed by atoms with Gasteiger partial charge in [-0.3, -0.25) is 4.98 Å². The SMILES string of the molecule is COc1c(C)cnc(CNCCO)c1C. The van der Waals surface area contributed by atoms with E-state index in [0.717, 1.165) is 22.6 Å². The topological polar surface area (TPSA) is 54.4 Å². The van der Waals surface area contributed by atoms with Crippen LogP contribution in [-0.2, 0) is 6.54 Å². The molecule has 4 nitrogen and oxygen atoms in total. The lowest BCUT2D eigenvalue weighted by Crippen LogP contribution is -2.19. The van der Waals surface area contributed by atoms with E-state index in [0.29, 0.717) is 13.1 Å². The van der Waals surface area contributed by atoms with Gasteiger partial charge in [-0.25, -0.2) is 0 Å². The van der Waals surface area contributed by atoms with Crippen molar-refractivity contribution in [1.29, 1.82) is 0 Å². The maximum absolute atomic E-state index is 8.65. The fourth-order valence-electron chi connectivity index (χ4n) is 1.54. The molecule has 0 bridgehead atoms. The first-order chi connectivity index (χ1) is 7.20. The number of rotatable bonds is 5. The molecule has 0 aromatic carbocycles. The number of ether oxygens (including phenoxy) is 1. The van der Waals surface area contributed by atoms with Crippen LogP contribution >= 0.6 is 0 Å². The molecule has 0 saturated carbocycles. The van der Waals surface area contributed by atoms with Crippen molar-refractivity contribution < 1.29 is 9.84 Å². The maximum atomic E-state index is 8.65. The normalized spacial score (nSPS) is 10.4. The predicted molar refractivity (Wildman–Crippen MR) is 59.1 cm³/mol. The molecule has 1 aromatic rings. The average molecular weight is 210 g/mol. The van der Waals surface area contributed by atoms with E-state index in [4.69, 9.17) is 9.84 Å². The third-order valence-corrected chi connectivity index (χ3v) is 2.33. The second-order valence-electron chi connectivity index (χ2n) is 3.45. The van der Waals surface area contributed by atoms with Gasteiger partial charge in [-0.1, -0.05) is 0 Å². The Morgan fingerprint density at radius 3 is 2.80 bits per heavy atom. The number of hydrogen-bond donors (Lipinski definition) is 2. The Morgan fingerprint density at radius 2 is 2.20 bits per heavy atom. The summed E-state index contributed by atoms with van der Waals surface area (Å²) >= 11 is 0. The van der Waals surface area contributed by atoms with E-state index in [-0.39, 0.29) is 6.61 Å². The molecule has 1 rings (SSSR count). The van der Waals surface area contributed by atoms with Crippen LogP contribution < -0.4 is 10.1 Å². The number of hydrogen-bond acceptors (Lipinski definition) is 4. The van der Waals surface area contributed by atoms with Crippen LogP contribution in [0, 0.1) is 13.8 Å². The molecule has 1 heterocycles. The van der Waals surface area contributed by atoms with Crippen LogP contribution in [0.5, 0.6) is 5.75 Å². The van der Waals surface area contributed by atoms with Crippen LogP contribution in [0.25, 0.3) is 0 Å². The van der Waals surface area contributed by atoms with Crippen LogP contribution in [-0.4, -0.2) is 30.4 Å². The van der Waals surface area contributed by atoms with Crippen LogP contribution in [0.3, 0.4) is 0 Å². The Balaban J connectivity index is 2.80. The Hall–Kier alpha value is -1.13. The zero-order valence-corrected chi connectivity index (χ0v) is 9.50. The molecule has 0 atom stereocenters. The summed E-state index contributed by atoms with van der Waals surface area (Å²) in [4.78, 5) is 4.33. The first-order valence-electron chi connectivity index (χ1n) is 5.01. The third kappa shape index (κ3) is 2.91. The van der Waals surface area contributed by atoms with E-state index in [1.807, 2.05) is 20.0 Å². The number of pyridine rings is 1. The third-order valence-electron chi connectivity index (χ3n) is 2.33. The molecule has 0 spiro atoms. The molecule has 0 aliphatic carbocycles. The van der Waals surface area contributed by atoms with E-state index >= 15 is 0 Å². The van der Waals surface area contributed by atoms with E-state index < -0.39 is 0 Å². The van der Waals surface area contributed by atoms with Crippen molar-refractivity contribution in [2.75, 3.05) is 20.3 Å². The summed E-state index contributed by atoms with van der Waals surface area (Å²) in [5.41, 5.74) is 3.06. The van der Waals surface area contributed by atoms with Gasteiger partial charge in [0, 0.05) is 30.4 Å². The Morgan fingerprint density at radius 1 is 1.47 bits per heavy atom. The quantitative estimate of drug-likeness (QED) is 0.705. The van der Waals surface area contributed by atoms with Gasteiger partial charge < -0.3 is 15.2 Å². The molecule has 2 N–H and O–H groups in total. The number of nitrogens with zero attached hydrogens (tertiary/aromatic N) is 1. The van der Waals surface area contributed by atoms with Crippen molar-refractivity contribution in [3.8, 4) is 5.75 Å². The Kier molecular flexibility index (Phi) is 4.52. The van der Waals surface area contributed by atoms with Gasteiger partial charge in [0.25, 0.3) is 0 Å². The average Bonchev–Trinajstić information content (AvgIpc) is 2.22. The molecule has 0 unspecified atom stereocenters. The molecule has 0 amide bonds. The number of aliphatic hydroxyl groups excluding tert-OH is 1. The lowest BCUT2D eigenvalue weighted by molar-refractivity contribution is 0.291. The van der Waals surface area contributed by atoms with E-state index in [2.05, 4.69) is 10.3 Å². The van der Waals surface area contributed by atoms with Gasteiger partial charge in [0.2, 0.25) is 0 Å². The highest BCUT2D eigenvalue weighted by molar-refractivity contribution is 5.40. The van der Waals surface area contributed by atoms with Crippen molar-refractivity contribution in [3.05, 3.63) is 23.0 Å². The predicted octanol–water partition coefficient (Wildman–Crippen LogP) is 0.789. The van der Waals surface area contributed by atoms with Crippen molar-refractivity contribution in [2.24, 2.45) is 0 Å². The summed E-state index contributed by atoms with van der Waals surface area (Å²) in [7, 11) is 1.67. The zero-order chi connectivity index (χ0) is 11.3. The number of aromatic nitrogens is 1. The van der Waals surface area contributed by atoms with Gasteiger partial charge in [0.1, 0.15) is 5.75 Å². The van der Waals surface area contributed by atoms with Crippen LogP contribution in [0.15, 0.2) is 6.20 Å². The largest absolute Gasteiger partial charge is 0.496 e. The molecule has 0 saturated heterocycles. The summed E-state index contributed by atoms with van der Waals surface area (Å²) in [6.45, 7) is 5.35. The highest BCUT2D eigenvalue weighted by Crippen LogP contribution is 2.23. The molecule has 84 valence electrons. The lowest BCUT2D eigenvalue weighted by Gasteiger charge is -2.12. The minimum absolute atomic E-state index is 0.141. The second-order valence-corrected chi connectivity index (χ2v) is 3.45. The fraction of sp³-hybridized carbons (Fsp3) is 0.545. The minimum Gasteiger partial charge on any atom is -0.496 e. The molecular formula is C11H18N2O2. The molecule has 0 aliphatic heterocycles. The van der Waals surface area contributed by atoms with Gasteiger partial charge in [-0.2, -0.15) is 0 Å². The van der Waals surface area contributed by atoms with Gasteiger partial charge in [0.05, 0.1) is 19.4 Å². The van der Waals surface area contributed by atoms with Crippen LogP contribution in [0.2, 0.25) is 0 Å². The molecule has 15 heavy (non-hydrogen) atoms. The first kappa shape index (κ1) is 11.9. The van der Waals surface area contributed by atoms with Gasteiger partial charge in [-0.15, -0.1) is 0 Å².